The first-order valence-electron chi connectivity index (χ1n) is 8.36. The Kier molecular flexibility index (Phi) is 49.5. The summed E-state index contributed by atoms with van der Waals surface area (Å²) in [6.45, 7) is 4.50. The number of hydrogen-bond acceptors (Lipinski definition) is 14. The lowest BCUT2D eigenvalue weighted by molar-refractivity contribution is 0.293. The van der Waals surface area contributed by atoms with Crippen molar-refractivity contribution in [1.29, 1.82) is 0 Å². The molecule has 0 spiro atoms. The second-order valence-electron chi connectivity index (χ2n) is 4.73. The van der Waals surface area contributed by atoms with Crippen molar-refractivity contribution in [2.24, 2.45) is 0 Å². The zero-order valence-corrected chi connectivity index (χ0v) is 18.0. The van der Waals surface area contributed by atoms with E-state index >= 15 is 0 Å². The second kappa shape index (κ2) is 36.4. The van der Waals surface area contributed by atoms with Gasteiger partial charge in [-0.15, -0.1) is 0 Å². The van der Waals surface area contributed by atoms with Crippen LogP contribution in [0.3, 0.4) is 0 Å². The van der Waals surface area contributed by atoms with Crippen molar-refractivity contribution in [1.82, 2.24) is 9.80 Å². The van der Waals surface area contributed by atoms with Crippen LogP contribution in [-0.4, -0.2) is 135 Å². The largest absolute Gasteiger partial charge is 0.674 e. The fourth-order valence-corrected chi connectivity index (χ4v) is 1.10. The third-order valence-corrected chi connectivity index (χ3v) is 1.74. The molecule has 0 radical (unpaired) electrons. The molecular weight excluding hydrogens is 495 g/mol. The average molecular weight is 523 g/mol. The molecule has 1 aliphatic heterocycles. The van der Waals surface area contributed by atoms with E-state index in [0.717, 1.165) is 6.67 Å². The van der Waals surface area contributed by atoms with Gasteiger partial charge in [0.05, 0.1) is 6.67 Å². The van der Waals surface area contributed by atoms with Gasteiger partial charge in [-0.05, 0) is 6.42 Å². The van der Waals surface area contributed by atoms with Gasteiger partial charge in [0.15, 0.2) is 0 Å². The van der Waals surface area contributed by atoms with E-state index in [9.17, 15) is 25.9 Å². The van der Waals surface area contributed by atoms with Crippen LogP contribution in [0.2, 0.25) is 0 Å². The monoisotopic (exact) mass is 524 g/mol. The molecule has 1 heterocycles. The quantitative estimate of drug-likeness (QED) is 0.122. The van der Waals surface area contributed by atoms with Crippen molar-refractivity contribution < 1.29 is 86.2 Å². The van der Waals surface area contributed by atoms with E-state index in [1.165, 1.54) is 19.4 Å². The molecule has 202 valence electrons. The molecule has 26 heteroatoms. The molecule has 12 N–H and O–H groups in total. The van der Waals surface area contributed by atoms with Crippen LogP contribution in [0.15, 0.2) is 12.4 Å². The zero-order valence-electron chi connectivity index (χ0n) is 18.0. The van der Waals surface area contributed by atoms with Crippen molar-refractivity contribution >= 4 is 44.4 Å². The normalized spacial score (nSPS) is 9.76. The predicted octanol–water partition coefficient (Wildman–Crippen LogP) is -4.98. The first-order chi connectivity index (χ1) is 15.2. The number of halogens is 6. The number of rotatable bonds is 3. The van der Waals surface area contributed by atoms with E-state index in [0.29, 0.717) is 0 Å². The molecule has 0 aromatic heterocycles. The van der Waals surface area contributed by atoms with E-state index in [2.05, 4.69) is 36.2 Å². The van der Waals surface area contributed by atoms with Gasteiger partial charge in [-0.25, -0.2) is 0 Å². The minimum atomic E-state index is -2.67. The maximum Gasteiger partial charge on any atom is 0.674 e. The Labute approximate surface area is 193 Å². The van der Waals surface area contributed by atoms with Crippen LogP contribution in [0.4, 0.5) is 25.9 Å². The number of unbranched alkanes of at least 4 members (excludes halogenated alkanes) is 1. The highest BCUT2D eigenvalue weighted by Gasteiger charge is 2.05. The third kappa shape index (κ3) is 196. The summed E-state index contributed by atoms with van der Waals surface area (Å²) in [6.07, 6.45) is 6.87. The fraction of sp³-hybridized carbons (Fsp3) is 0.750. The van der Waals surface area contributed by atoms with Gasteiger partial charge >= 0.3 is 44.4 Å². The lowest BCUT2D eigenvalue weighted by Gasteiger charge is -2.17. The number of nitrogens with zero attached hydrogens (tertiary/aromatic N) is 2. The molecule has 14 nitrogen and oxygen atoms in total. The van der Waals surface area contributed by atoms with E-state index in [1.54, 1.807) is 0 Å². The Morgan fingerprint density at radius 1 is 0.588 bits per heavy atom. The summed E-state index contributed by atoms with van der Waals surface area (Å²) in [4.78, 5) is 4.53. The Balaban J connectivity index is -0.0000000712. The fourth-order valence-electron chi connectivity index (χ4n) is 1.10. The second-order valence-corrected chi connectivity index (χ2v) is 4.73. The predicted molar refractivity (Wildman–Crippen MR) is 111 cm³/mol. The van der Waals surface area contributed by atoms with Crippen molar-refractivity contribution in [3.8, 4) is 0 Å². The molecule has 1 rings (SSSR count). The van der Waals surface area contributed by atoms with Crippen molar-refractivity contribution in [3.63, 3.8) is 0 Å². The molecule has 0 aromatic rings. The van der Waals surface area contributed by atoms with E-state index in [1.807, 2.05) is 0 Å². The van der Waals surface area contributed by atoms with Gasteiger partial charge < -0.3 is 70.1 Å². The van der Waals surface area contributed by atoms with Crippen molar-refractivity contribution in [3.05, 3.63) is 12.4 Å². The Hall–Kier alpha value is -1.17. The summed E-state index contributed by atoms with van der Waals surface area (Å²) in [5.74, 6) is 0. The van der Waals surface area contributed by atoms with Gasteiger partial charge in [0.1, 0.15) is 0 Å². The SMILES string of the molecule is CCCCN1C=CN(C)C1.OB(O)F.OB(O)F.OB(O)F.OB(O)F.OB(O)F.OB(O)F. The molecule has 0 unspecified atom stereocenters. The average Bonchev–Trinajstić information content (AvgIpc) is 2.95. The maximum absolute atomic E-state index is 10.1. The smallest absolute Gasteiger partial charge is 0.398 e. The van der Waals surface area contributed by atoms with Crippen molar-refractivity contribution in [2.45, 2.75) is 19.8 Å². The molecular formula is C8H28B6F6N2O12. The molecule has 0 bridgehead atoms. The highest BCUT2D eigenvalue weighted by molar-refractivity contribution is 6.32. The van der Waals surface area contributed by atoms with Gasteiger partial charge in [0.2, 0.25) is 0 Å². The Morgan fingerprint density at radius 3 is 0.971 bits per heavy atom. The molecule has 1 aliphatic rings. The molecule has 0 saturated carbocycles. The molecule has 0 saturated heterocycles. The molecule has 0 fully saturated rings. The zero-order chi connectivity index (χ0) is 28.9. The van der Waals surface area contributed by atoms with Gasteiger partial charge in [0.25, 0.3) is 0 Å². The summed E-state index contributed by atoms with van der Waals surface area (Å²) >= 11 is 0. The highest BCUT2D eigenvalue weighted by Crippen LogP contribution is 2.04. The standard InChI is InChI=1S/C8H16N2.6BFH2O2/c1-3-4-5-10-7-6-9(2)8-10;6*2-1(3)4/h6-7H,3-5,8H2,1-2H3;6*3-4H. The molecule has 0 aromatic carbocycles. The van der Waals surface area contributed by atoms with Crippen LogP contribution < -0.4 is 0 Å². The van der Waals surface area contributed by atoms with Gasteiger partial charge in [-0.2, -0.15) is 0 Å². The summed E-state index contributed by atoms with van der Waals surface area (Å²) in [5, 5.41) is 83.3. The van der Waals surface area contributed by atoms with Crippen LogP contribution in [0.25, 0.3) is 0 Å². The van der Waals surface area contributed by atoms with E-state index < -0.39 is 44.4 Å². The Bertz CT molecular complexity index is 327. The minimum absolute atomic E-state index is 1.07. The highest BCUT2D eigenvalue weighted by atomic mass is 19.1. The van der Waals surface area contributed by atoms with Crippen LogP contribution in [0.5, 0.6) is 0 Å². The van der Waals surface area contributed by atoms with Crippen molar-refractivity contribution in [2.75, 3.05) is 20.3 Å². The van der Waals surface area contributed by atoms with Gasteiger partial charge in [-0.3, -0.25) is 25.9 Å². The van der Waals surface area contributed by atoms with E-state index in [4.69, 9.17) is 60.3 Å². The summed E-state index contributed by atoms with van der Waals surface area (Å²) in [5.41, 5.74) is 0. The topological polar surface area (TPSA) is 249 Å². The summed E-state index contributed by atoms with van der Waals surface area (Å²) in [7, 11) is -13.9. The summed E-state index contributed by atoms with van der Waals surface area (Å²) in [6, 6.07) is 0. The number of hydrogen-bond donors (Lipinski definition) is 12. The first kappa shape index (κ1) is 46.2. The minimum Gasteiger partial charge on any atom is -0.398 e. The van der Waals surface area contributed by atoms with Gasteiger partial charge in [-0.1, -0.05) is 13.3 Å². The molecule has 0 aliphatic carbocycles. The van der Waals surface area contributed by atoms with Crippen LogP contribution in [0.1, 0.15) is 19.8 Å². The molecule has 0 amide bonds. The van der Waals surface area contributed by atoms with Gasteiger partial charge in [0, 0.05) is 26.0 Å². The van der Waals surface area contributed by atoms with Crippen LogP contribution in [-0.2, 0) is 0 Å². The summed E-state index contributed by atoms with van der Waals surface area (Å²) < 4.78 is 60.7. The molecule has 34 heavy (non-hydrogen) atoms. The Morgan fingerprint density at radius 2 is 0.824 bits per heavy atom. The third-order valence-electron chi connectivity index (χ3n) is 1.74. The lowest BCUT2D eigenvalue weighted by atomic mass is 10.3. The maximum atomic E-state index is 10.1. The molecule has 0 atom stereocenters. The van der Waals surface area contributed by atoms with Crippen LogP contribution in [0, 0.1) is 0 Å². The van der Waals surface area contributed by atoms with E-state index in [-0.39, 0.29) is 0 Å². The first-order valence-corrected chi connectivity index (χ1v) is 8.36. The van der Waals surface area contributed by atoms with Crippen LogP contribution >= 0.6 is 0 Å². The lowest BCUT2D eigenvalue weighted by Crippen LogP contribution is -2.23.